The summed E-state index contributed by atoms with van der Waals surface area (Å²) in [6.07, 6.45) is 0.154. The minimum atomic E-state index is -2.77. The highest BCUT2D eigenvalue weighted by atomic mass is 19.1. The highest BCUT2D eigenvalue weighted by Gasteiger charge is 2.91. The lowest BCUT2D eigenvalue weighted by Crippen LogP contribution is -2.57. The van der Waals surface area contributed by atoms with Crippen LogP contribution >= 0.6 is 0 Å². The zero-order chi connectivity index (χ0) is 14.6. The number of hydrogen-bond acceptors (Lipinski definition) is 4. The number of aliphatic carboxylic acids is 2. The average Bonchev–Trinajstić information content (AvgIpc) is 2.73. The van der Waals surface area contributed by atoms with Crippen LogP contribution in [0.25, 0.3) is 0 Å². The lowest BCUT2D eigenvalue weighted by atomic mass is 9.92. The second-order valence-electron chi connectivity index (χ2n) is 4.98. The Morgan fingerprint density at radius 1 is 1.37 bits per heavy atom. The zero-order valence-electron chi connectivity index (χ0n) is 10.3. The molecule has 0 aromatic carbocycles. The van der Waals surface area contributed by atoms with Crippen LogP contribution in [0.4, 0.5) is 4.39 Å². The molecule has 0 heterocycles. The number of amides is 1. The van der Waals surface area contributed by atoms with E-state index in [4.69, 9.17) is 16.1 Å². The number of halogens is 1. The van der Waals surface area contributed by atoms with Gasteiger partial charge in [0.15, 0.2) is 0 Å². The van der Waals surface area contributed by atoms with Crippen LogP contribution in [0.3, 0.4) is 0 Å². The number of fused-ring (bicyclic) bond motifs is 1. The predicted octanol–water partition coefficient (Wildman–Crippen LogP) is -0.245. The van der Waals surface area contributed by atoms with Crippen LogP contribution in [0.15, 0.2) is 0 Å². The van der Waals surface area contributed by atoms with Gasteiger partial charge in [0.05, 0.1) is 5.92 Å². The van der Waals surface area contributed by atoms with Crippen LogP contribution in [0.1, 0.15) is 26.2 Å². The van der Waals surface area contributed by atoms with E-state index in [-0.39, 0.29) is 19.3 Å². The molecule has 2 fully saturated rings. The van der Waals surface area contributed by atoms with E-state index < -0.39 is 40.9 Å². The van der Waals surface area contributed by atoms with Crippen molar-refractivity contribution in [3.63, 3.8) is 0 Å². The molecule has 8 heteroatoms. The van der Waals surface area contributed by atoms with Gasteiger partial charge in [-0.2, -0.15) is 0 Å². The highest BCUT2D eigenvalue weighted by molar-refractivity contribution is 5.93. The van der Waals surface area contributed by atoms with Crippen molar-refractivity contribution in [2.75, 3.05) is 0 Å². The molecule has 0 bridgehead atoms. The van der Waals surface area contributed by atoms with E-state index in [1.54, 1.807) is 0 Å². The second-order valence-corrected chi connectivity index (χ2v) is 4.98. The molecule has 4 atom stereocenters. The van der Waals surface area contributed by atoms with Gasteiger partial charge in [-0.1, -0.05) is 6.92 Å². The summed E-state index contributed by atoms with van der Waals surface area (Å²) in [5.41, 5.74) is -4.72. The van der Waals surface area contributed by atoms with Crippen LogP contribution < -0.4 is 5.84 Å². The smallest absolute Gasteiger partial charge is 0.344 e. The molecule has 2 saturated carbocycles. The summed E-state index contributed by atoms with van der Waals surface area (Å²) in [5.74, 6) is -0.541. The van der Waals surface area contributed by atoms with E-state index in [1.807, 2.05) is 0 Å². The van der Waals surface area contributed by atoms with Gasteiger partial charge in [0.25, 0.3) is 0 Å². The Morgan fingerprint density at radius 2 is 1.95 bits per heavy atom. The zero-order valence-corrected chi connectivity index (χ0v) is 10.3. The van der Waals surface area contributed by atoms with Gasteiger partial charge in [-0.05, 0) is 12.8 Å². The molecule has 1 amide bonds. The van der Waals surface area contributed by atoms with E-state index >= 15 is 0 Å². The topological polar surface area (TPSA) is 121 Å². The Kier molecular flexibility index (Phi) is 2.81. The molecule has 4 N–H and O–H groups in total. The summed E-state index contributed by atoms with van der Waals surface area (Å²) >= 11 is 0. The Bertz CT molecular complexity index is 470. The van der Waals surface area contributed by atoms with E-state index in [0.717, 1.165) is 0 Å². The Labute approximate surface area is 108 Å². The Morgan fingerprint density at radius 3 is 2.32 bits per heavy atom. The fraction of sp³-hybridized carbons (Fsp3) is 0.727. The lowest BCUT2D eigenvalue weighted by molar-refractivity contribution is -0.156. The summed E-state index contributed by atoms with van der Waals surface area (Å²) in [4.78, 5) is 34.0. The molecule has 106 valence electrons. The van der Waals surface area contributed by atoms with Crippen molar-refractivity contribution in [3.8, 4) is 0 Å². The highest BCUT2D eigenvalue weighted by Crippen LogP contribution is 2.71. The number of hydrazine groups is 1. The molecule has 0 aromatic heterocycles. The number of nitrogens with two attached hydrogens (primary N) is 1. The number of rotatable bonds is 4. The maximum absolute atomic E-state index is 14.6. The number of alkyl halides is 1. The van der Waals surface area contributed by atoms with Crippen LogP contribution in [0, 0.1) is 11.8 Å². The summed E-state index contributed by atoms with van der Waals surface area (Å²) in [6, 6.07) is 0. The molecule has 0 radical (unpaired) electrons. The molecule has 2 aliphatic carbocycles. The normalized spacial score (nSPS) is 39.5. The molecular formula is C11H15FN2O5. The summed E-state index contributed by atoms with van der Waals surface area (Å²) in [6.45, 7) is 1.49. The first-order chi connectivity index (χ1) is 8.76. The molecule has 4 unspecified atom stereocenters. The largest absolute Gasteiger partial charge is 0.481 e. The first kappa shape index (κ1) is 13.7. The molecule has 0 aliphatic heterocycles. The fourth-order valence-corrected chi connectivity index (χ4v) is 3.51. The van der Waals surface area contributed by atoms with Crippen molar-refractivity contribution in [2.45, 2.75) is 37.4 Å². The quantitative estimate of drug-likeness (QED) is 0.369. The standard InChI is InChI=1S/C11H15FN2O5/c1-2-7(15)14(13)11-5(8(16)17)3-4-6(11)10(11,12)9(18)19/h5-6H,2-4,13H2,1H3,(H,16,17)(H,18,19). The van der Waals surface area contributed by atoms with Crippen molar-refractivity contribution >= 4 is 17.8 Å². The van der Waals surface area contributed by atoms with E-state index in [0.29, 0.717) is 5.01 Å². The van der Waals surface area contributed by atoms with E-state index in [9.17, 15) is 18.8 Å². The fourth-order valence-electron chi connectivity index (χ4n) is 3.51. The third kappa shape index (κ3) is 1.32. The molecule has 19 heavy (non-hydrogen) atoms. The molecular weight excluding hydrogens is 259 g/mol. The van der Waals surface area contributed by atoms with Crippen molar-refractivity contribution in [1.29, 1.82) is 0 Å². The number of hydrogen-bond donors (Lipinski definition) is 3. The number of carbonyl (C=O) groups is 3. The molecule has 2 aliphatic rings. The van der Waals surface area contributed by atoms with Gasteiger partial charge in [0.2, 0.25) is 11.6 Å². The van der Waals surface area contributed by atoms with Gasteiger partial charge in [0.1, 0.15) is 5.54 Å². The molecule has 0 spiro atoms. The van der Waals surface area contributed by atoms with Gasteiger partial charge < -0.3 is 10.2 Å². The van der Waals surface area contributed by atoms with E-state index in [1.165, 1.54) is 6.92 Å². The third-order valence-corrected chi connectivity index (χ3v) is 4.37. The minimum Gasteiger partial charge on any atom is -0.481 e. The third-order valence-electron chi connectivity index (χ3n) is 4.37. The maximum atomic E-state index is 14.6. The number of carboxylic acid groups (broad SMARTS) is 2. The first-order valence-corrected chi connectivity index (χ1v) is 5.99. The van der Waals surface area contributed by atoms with Crippen LogP contribution in [0.5, 0.6) is 0 Å². The lowest BCUT2D eigenvalue weighted by Gasteiger charge is -2.31. The molecule has 0 saturated heterocycles. The van der Waals surface area contributed by atoms with Crippen molar-refractivity contribution < 1.29 is 29.0 Å². The Hall–Kier alpha value is -1.70. The molecule has 0 aromatic rings. The minimum absolute atomic E-state index is 0.0486. The maximum Gasteiger partial charge on any atom is 0.344 e. The van der Waals surface area contributed by atoms with Gasteiger partial charge in [0, 0.05) is 12.3 Å². The number of carbonyl (C=O) groups excluding carboxylic acids is 1. The van der Waals surface area contributed by atoms with E-state index in [2.05, 4.69) is 0 Å². The van der Waals surface area contributed by atoms with Crippen molar-refractivity contribution in [2.24, 2.45) is 17.7 Å². The summed E-state index contributed by atoms with van der Waals surface area (Å²) < 4.78 is 14.6. The Balaban J connectivity index is 2.49. The van der Waals surface area contributed by atoms with Gasteiger partial charge in [-0.25, -0.2) is 15.0 Å². The van der Waals surface area contributed by atoms with Gasteiger partial charge in [-0.3, -0.25) is 14.6 Å². The number of nitrogens with zero attached hydrogens (tertiary/aromatic N) is 1. The monoisotopic (exact) mass is 274 g/mol. The van der Waals surface area contributed by atoms with Crippen LogP contribution in [-0.4, -0.2) is 44.3 Å². The average molecular weight is 274 g/mol. The molecule has 2 rings (SSSR count). The molecule has 7 nitrogen and oxygen atoms in total. The van der Waals surface area contributed by atoms with Gasteiger partial charge in [-0.15, -0.1) is 0 Å². The van der Waals surface area contributed by atoms with Crippen molar-refractivity contribution in [1.82, 2.24) is 5.01 Å². The van der Waals surface area contributed by atoms with Gasteiger partial charge >= 0.3 is 11.9 Å². The second kappa shape index (κ2) is 3.89. The van der Waals surface area contributed by atoms with Crippen LogP contribution in [-0.2, 0) is 14.4 Å². The number of carboxylic acids is 2. The summed E-state index contributed by atoms with van der Waals surface area (Å²) in [5, 5.41) is 18.7. The summed E-state index contributed by atoms with van der Waals surface area (Å²) in [7, 11) is 0. The first-order valence-electron chi connectivity index (χ1n) is 5.99. The predicted molar refractivity (Wildman–Crippen MR) is 59.4 cm³/mol. The van der Waals surface area contributed by atoms with Crippen LogP contribution in [0.2, 0.25) is 0 Å². The SMILES string of the molecule is CCC(=O)N(N)C12C(C(=O)O)CCC1C2(F)C(=O)O. The van der Waals surface area contributed by atoms with Crippen molar-refractivity contribution in [3.05, 3.63) is 0 Å².